The lowest BCUT2D eigenvalue weighted by Crippen LogP contribution is -2.36. The molecule has 2 fully saturated rings. The highest BCUT2D eigenvalue weighted by Gasteiger charge is 2.32. The van der Waals surface area contributed by atoms with Crippen LogP contribution in [0.25, 0.3) is 0 Å². The molecule has 4 nitrogen and oxygen atoms in total. The molecule has 1 unspecified atom stereocenters. The number of hydrogen-bond donors (Lipinski definition) is 1. The molecule has 0 aromatic rings. The molecule has 0 saturated carbocycles. The topological polar surface area (TPSA) is 43.8 Å². The fourth-order valence-corrected chi connectivity index (χ4v) is 2.34. The van der Waals surface area contributed by atoms with Gasteiger partial charge in [0, 0.05) is 19.6 Å². The summed E-state index contributed by atoms with van der Waals surface area (Å²) in [7, 11) is 2.05. The molecule has 4 heteroatoms. The Morgan fingerprint density at radius 3 is 2.57 bits per heavy atom. The van der Waals surface area contributed by atoms with Crippen LogP contribution in [0.3, 0.4) is 0 Å². The molecule has 0 bridgehead atoms. The Balaban J connectivity index is 1.89. The first-order chi connectivity index (χ1) is 6.66. The number of nitrogens with zero attached hydrogens (tertiary/aromatic N) is 2. The second-order valence-corrected chi connectivity index (χ2v) is 4.47. The van der Waals surface area contributed by atoms with E-state index in [0.29, 0.717) is 6.54 Å². The normalized spacial score (nSPS) is 34.0. The molecule has 0 spiro atoms. The average Bonchev–Trinajstić information content (AvgIpc) is 2.73. The third-order valence-corrected chi connectivity index (χ3v) is 3.22. The van der Waals surface area contributed by atoms with E-state index in [9.17, 15) is 9.90 Å². The van der Waals surface area contributed by atoms with Crippen LogP contribution in [0.5, 0.6) is 0 Å². The van der Waals surface area contributed by atoms with E-state index in [1.807, 2.05) is 11.9 Å². The van der Waals surface area contributed by atoms with Gasteiger partial charge in [0.1, 0.15) is 0 Å². The summed E-state index contributed by atoms with van der Waals surface area (Å²) < 4.78 is 0. The molecule has 0 aromatic heterocycles. The molecule has 0 aliphatic carbocycles. The van der Waals surface area contributed by atoms with E-state index in [1.165, 1.54) is 0 Å². The van der Waals surface area contributed by atoms with Crippen LogP contribution in [-0.4, -0.2) is 60.1 Å². The lowest BCUT2D eigenvalue weighted by atomic mass is 10.1. The minimum absolute atomic E-state index is 0.172. The van der Waals surface area contributed by atoms with Crippen LogP contribution in [0.2, 0.25) is 0 Å². The molecule has 2 aliphatic heterocycles. The van der Waals surface area contributed by atoms with Gasteiger partial charge in [0.2, 0.25) is 5.91 Å². The van der Waals surface area contributed by atoms with Gasteiger partial charge >= 0.3 is 0 Å². The second kappa shape index (κ2) is 3.87. The molecular formula is C10H18N2O2. The van der Waals surface area contributed by atoms with E-state index in [1.54, 1.807) is 0 Å². The fourth-order valence-electron chi connectivity index (χ4n) is 2.34. The van der Waals surface area contributed by atoms with E-state index in [0.717, 1.165) is 32.5 Å². The van der Waals surface area contributed by atoms with Crippen molar-refractivity contribution in [3.05, 3.63) is 0 Å². The van der Waals surface area contributed by atoms with E-state index in [4.69, 9.17) is 0 Å². The lowest BCUT2D eigenvalue weighted by Gasteiger charge is -2.19. The maximum absolute atomic E-state index is 11.9. The van der Waals surface area contributed by atoms with Crippen molar-refractivity contribution in [2.45, 2.75) is 18.9 Å². The van der Waals surface area contributed by atoms with Gasteiger partial charge in [-0.25, -0.2) is 0 Å². The van der Waals surface area contributed by atoms with Gasteiger partial charge in [-0.15, -0.1) is 0 Å². The zero-order chi connectivity index (χ0) is 10.1. The van der Waals surface area contributed by atoms with Gasteiger partial charge in [0.15, 0.2) is 0 Å². The second-order valence-electron chi connectivity index (χ2n) is 4.47. The van der Waals surface area contributed by atoms with Crippen LogP contribution >= 0.6 is 0 Å². The molecule has 0 radical (unpaired) electrons. The third-order valence-electron chi connectivity index (χ3n) is 3.22. The predicted molar refractivity (Wildman–Crippen MR) is 52.8 cm³/mol. The number of β-amino-alcohol motifs (C(OH)–C–C–N with tert-alkyl or cyclic N) is 1. The molecule has 0 aromatic carbocycles. The molecule has 1 amide bonds. The van der Waals surface area contributed by atoms with Gasteiger partial charge in [-0.2, -0.15) is 0 Å². The van der Waals surface area contributed by atoms with Gasteiger partial charge < -0.3 is 14.9 Å². The number of carbonyl (C=O) groups is 1. The van der Waals surface area contributed by atoms with Crippen LogP contribution in [0.15, 0.2) is 0 Å². The predicted octanol–water partition coefficient (Wildman–Crippen LogP) is -0.469. The van der Waals surface area contributed by atoms with Crippen molar-refractivity contribution in [1.29, 1.82) is 0 Å². The van der Waals surface area contributed by atoms with E-state index < -0.39 is 0 Å². The van der Waals surface area contributed by atoms with E-state index in [2.05, 4.69) is 4.90 Å². The number of amides is 1. The van der Waals surface area contributed by atoms with E-state index >= 15 is 0 Å². The number of aliphatic hydroxyl groups excluding tert-OH is 1. The quantitative estimate of drug-likeness (QED) is 0.619. The van der Waals surface area contributed by atoms with Crippen molar-refractivity contribution in [3.8, 4) is 0 Å². The monoisotopic (exact) mass is 198 g/mol. The minimum atomic E-state index is -0.293. The summed E-state index contributed by atoms with van der Waals surface area (Å²) in [5.41, 5.74) is 0. The first-order valence-corrected chi connectivity index (χ1v) is 5.32. The number of hydrogen-bond acceptors (Lipinski definition) is 3. The Labute approximate surface area is 84.5 Å². The van der Waals surface area contributed by atoms with Crippen molar-refractivity contribution in [3.63, 3.8) is 0 Å². The molecule has 80 valence electrons. The van der Waals surface area contributed by atoms with E-state index in [-0.39, 0.29) is 17.9 Å². The smallest absolute Gasteiger partial charge is 0.227 e. The summed E-state index contributed by atoms with van der Waals surface area (Å²) in [6, 6.07) is 0. The highest BCUT2D eigenvalue weighted by molar-refractivity contribution is 5.79. The highest BCUT2D eigenvalue weighted by Crippen LogP contribution is 2.20. The summed E-state index contributed by atoms with van der Waals surface area (Å²) in [5, 5.41) is 9.34. The summed E-state index contributed by atoms with van der Waals surface area (Å²) in [4.78, 5) is 15.9. The summed E-state index contributed by atoms with van der Waals surface area (Å²) >= 11 is 0. The number of likely N-dealkylation sites (tertiary alicyclic amines) is 2. The molecule has 2 heterocycles. The van der Waals surface area contributed by atoms with Crippen molar-refractivity contribution >= 4 is 5.91 Å². The van der Waals surface area contributed by atoms with Crippen molar-refractivity contribution in [2.24, 2.45) is 5.92 Å². The van der Waals surface area contributed by atoms with Crippen molar-refractivity contribution < 1.29 is 9.90 Å². The maximum Gasteiger partial charge on any atom is 0.227 e. The first kappa shape index (κ1) is 9.93. The minimum Gasteiger partial charge on any atom is -0.391 e. The van der Waals surface area contributed by atoms with Gasteiger partial charge in [-0.1, -0.05) is 0 Å². The zero-order valence-electron chi connectivity index (χ0n) is 8.65. The standard InChI is InChI=1S/C10H18N2O2/c1-11-4-2-8(6-11)10(14)12-5-3-9(13)7-12/h8-9,13H,2-7H2,1H3/t8?,9-/m0/s1. The van der Waals surface area contributed by atoms with Gasteiger partial charge in [0.25, 0.3) is 0 Å². The van der Waals surface area contributed by atoms with Crippen LogP contribution in [0, 0.1) is 5.92 Å². The summed E-state index contributed by atoms with van der Waals surface area (Å²) in [5.74, 6) is 0.413. The molecule has 2 saturated heterocycles. The molecule has 2 aliphatic rings. The average molecular weight is 198 g/mol. The SMILES string of the molecule is CN1CCC(C(=O)N2CC[C@H](O)C2)C1. The van der Waals surface area contributed by atoms with Crippen LogP contribution in [-0.2, 0) is 4.79 Å². The summed E-state index contributed by atoms with van der Waals surface area (Å²) in [6.07, 6.45) is 1.43. The maximum atomic E-state index is 11.9. The lowest BCUT2D eigenvalue weighted by molar-refractivity contribution is -0.134. The van der Waals surface area contributed by atoms with Gasteiger partial charge in [-0.3, -0.25) is 4.79 Å². The Hall–Kier alpha value is -0.610. The molecule has 1 N–H and O–H groups in total. The van der Waals surface area contributed by atoms with Gasteiger partial charge in [-0.05, 0) is 26.4 Å². The zero-order valence-corrected chi connectivity index (χ0v) is 8.65. The Kier molecular flexibility index (Phi) is 2.74. The third kappa shape index (κ3) is 1.91. The van der Waals surface area contributed by atoms with Crippen molar-refractivity contribution in [1.82, 2.24) is 9.80 Å². The Morgan fingerprint density at radius 1 is 1.29 bits per heavy atom. The molecular weight excluding hydrogens is 180 g/mol. The summed E-state index contributed by atoms with van der Waals surface area (Å²) in [6.45, 7) is 3.18. The Bertz CT molecular complexity index is 210. The van der Waals surface area contributed by atoms with Gasteiger partial charge in [0.05, 0.1) is 12.0 Å². The Morgan fingerprint density at radius 2 is 2.07 bits per heavy atom. The number of carbonyl (C=O) groups excluding carboxylic acids is 1. The molecule has 2 rings (SSSR count). The highest BCUT2D eigenvalue weighted by atomic mass is 16.3. The first-order valence-electron chi connectivity index (χ1n) is 5.32. The van der Waals surface area contributed by atoms with Crippen LogP contribution < -0.4 is 0 Å². The number of aliphatic hydroxyl groups is 1. The fraction of sp³-hybridized carbons (Fsp3) is 0.900. The molecule has 14 heavy (non-hydrogen) atoms. The number of rotatable bonds is 1. The largest absolute Gasteiger partial charge is 0.391 e. The van der Waals surface area contributed by atoms with Crippen LogP contribution in [0.1, 0.15) is 12.8 Å². The van der Waals surface area contributed by atoms with Crippen molar-refractivity contribution in [2.75, 3.05) is 33.2 Å². The van der Waals surface area contributed by atoms with Crippen LogP contribution in [0.4, 0.5) is 0 Å². The molecule has 2 atom stereocenters.